The fourth-order valence-corrected chi connectivity index (χ4v) is 3.17. The highest BCUT2D eigenvalue weighted by Gasteiger charge is 2.50. The molecule has 2 aliphatic rings. The lowest BCUT2D eigenvalue weighted by Gasteiger charge is -2.31. The molecule has 0 bridgehead atoms. The molecule has 6 nitrogen and oxygen atoms in total. The molecular formula is C15H21N3O3. The topological polar surface area (TPSA) is 75.4 Å². The number of hydrogen-bond donors (Lipinski definition) is 1. The average Bonchev–Trinajstić information content (AvgIpc) is 3.17. The van der Waals surface area contributed by atoms with Gasteiger partial charge in [0.25, 0.3) is 0 Å². The van der Waals surface area contributed by atoms with Gasteiger partial charge in [-0.1, -0.05) is 0 Å². The van der Waals surface area contributed by atoms with E-state index >= 15 is 0 Å². The van der Waals surface area contributed by atoms with E-state index in [-0.39, 0.29) is 11.8 Å². The molecular weight excluding hydrogens is 270 g/mol. The minimum absolute atomic E-state index is 0.0325. The molecule has 0 aromatic carbocycles. The lowest BCUT2D eigenvalue weighted by atomic mass is 9.91. The summed E-state index contributed by atoms with van der Waals surface area (Å²) in [5.74, 6) is -1.07. The highest BCUT2D eigenvalue weighted by atomic mass is 16.4. The molecule has 2 unspecified atom stereocenters. The van der Waals surface area contributed by atoms with Crippen LogP contribution >= 0.6 is 0 Å². The number of carbonyl (C=O) groups excluding carboxylic acids is 1. The zero-order chi connectivity index (χ0) is 15.0. The molecule has 0 radical (unpaired) electrons. The highest BCUT2D eigenvalue weighted by molar-refractivity contribution is 5.89. The number of aromatic nitrogens is 2. The van der Waals surface area contributed by atoms with Crippen molar-refractivity contribution < 1.29 is 14.7 Å². The number of carboxylic acid groups (broad SMARTS) is 1. The van der Waals surface area contributed by atoms with Gasteiger partial charge >= 0.3 is 5.97 Å². The molecule has 2 heterocycles. The van der Waals surface area contributed by atoms with E-state index in [0.717, 1.165) is 32.5 Å². The molecule has 1 aromatic rings. The molecule has 1 N–H and O–H groups in total. The number of nitrogens with zero attached hydrogens (tertiary/aromatic N) is 3. The van der Waals surface area contributed by atoms with Gasteiger partial charge < -0.3 is 10.0 Å². The van der Waals surface area contributed by atoms with Crippen LogP contribution in [0.2, 0.25) is 0 Å². The first-order valence-corrected chi connectivity index (χ1v) is 7.64. The summed E-state index contributed by atoms with van der Waals surface area (Å²) >= 11 is 0. The fraction of sp³-hybridized carbons (Fsp3) is 0.667. The number of rotatable bonds is 4. The second-order valence-electron chi connectivity index (χ2n) is 6.02. The van der Waals surface area contributed by atoms with Crippen molar-refractivity contribution >= 4 is 11.9 Å². The number of carbonyl (C=O) groups is 2. The first-order valence-electron chi connectivity index (χ1n) is 7.64. The van der Waals surface area contributed by atoms with E-state index in [2.05, 4.69) is 18.2 Å². The number of hydrogen-bond acceptors (Lipinski definition) is 3. The van der Waals surface area contributed by atoms with Gasteiger partial charge in [-0.25, -0.2) is 0 Å². The highest BCUT2D eigenvalue weighted by Crippen LogP contribution is 2.41. The molecule has 0 spiro atoms. The molecule has 1 aromatic heterocycles. The first kappa shape index (κ1) is 14.1. The standard InChI is InChI=1S/C15H21N3O3/c1-2-18-9-11(8-16-18)10-3-5-17(6-4-10)14(19)12-7-13(12)15(20)21/h8-10,12-13H,2-7H2,1H3,(H,20,21). The lowest BCUT2D eigenvalue weighted by Crippen LogP contribution is -2.39. The summed E-state index contributed by atoms with van der Waals surface area (Å²) in [5.41, 5.74) is 1.25. The summed E-state index contributed by atoms with van der Waals surface area (Å²) < 4.78 is 1.93. The zero-order valence-electron chi connectivity index (χ0n) is 12.2. The molecule has 1 saturated heterocycles. The molecule has 2 atom stereocenters. The Hall–Kier alpha value is -1.85. The van der Waals surface area contributed by atoms with Crippen molar-refractivity contribution in [1.82, 2.24) is 14.7 Å². The van der Waals surface area contributed by atoms with Gasteiger partial charge in [-0.3, -0.25) is 14.3 Å². The van der Waals surface area contributed by atoms with Gasteiger partial charge in [-0.15, -0.1) is 0 Å². The number of aryl methyl sites for hydroxylation is 1. The molecule has 1 aliphatic carbocycles. The summed E-state index contributed by atoms with van der Waals surface area (Å²) in [6, 6.07) is 0. The van der Waals surface area contributed by atoms with E-state index in [0.29, 0.717) is 12.3 Å². The third-order valence-electron chi connectivity index (χ3n) is 4.68. The Morgan fingerprint density at radius 3 is 2.57 bits per heavy atom. The van der Waals surface area contributed by atoms with Crippen LogP contribution in [-0.2, 0) is 16.1 Å². The van der Waals surface area contributed by atoms with Crippen LogP contribution < -0.4 is 0 Å². The summed E-state index contributed by atoms with van der Waals surface area (Å²) in [4.78, 5) is 24.9. The Bertz CT molecular complexity index is 546. The van der Waals surface area contributed by atoms with Crippen LogP contribution in [0.25, 0.3) is 0 Å². The fourth-order valence-electron chi connectivity index (χ4n) is 3.17. The average molecular weight is 291 g/mol. The molecule has 3 rings (SSSR count). The SMILES string of the molecule is CCn1cc(C2CCN(C(=O)C3CC3C(=O)O)CC2)cn1. The smallest absolute Gasteiger partial charge is 0.307 e. The summed E-state index contributed by atoms with van der Waals surface area (Å²) in [6.07, 6.45) is 6.39. The Morgan fingerprint density at radius 1 is 1.33 bits per heavy atom. The van der Waals surface area contributed by atoms with Crippen LogP contribution in [0.5, 0.6) is 0 Å². The minimum atomic E-state index is -0.838. The van der Waals surface area contributed by atoms with E-state index in [9.17, 15) is 9.59 Å². The van der Waals surface area contributed by atoms with Gasteiger partial charge in [-0.05, 0) is 37.7 Å². The van der Waals surface area contributed by atoms with E-state index in [4.69, 9.17) is 5.11 Å². The van der Waals surface area contributed by atoms with Gasteiger partial charge in [0.05, 0.1) is 18.0 Å². The number of aliphatic carboxylic acids is 1. The minimum Gasteiger partial charge on any atom is -0.481 e. The maximum absolute atomic E-state index is 12.2. The predicted octanol–water partition coefficient (Wildman–Crippen LogP) is 1.33. The van der Waals surface area contributed by atoms with E-state index in [1.165, 1.54) is 5.56 Å². The first-order chi connectivity index (χ1) is 10.1. The van der Waals surface area contributed by atoms with Gasteiger partial charge in [0.15, 0.2) is 0 Å². The van der Waals surface area contributed by atoms with Crippen molar-refractivity contribution in [1.29, 1.82) is 0 Å². The largest absolute Gasteiger partial charge is 0.481 e. The van der Waals surface area contributed by atoms with Gasteiger partial charge in [0, 0.05) is 25.8 Å². The summed E-state index contributed by atoms with van der Waals surface area (Å²) in [7, 11) is 0. The third-order valence-corrected chi connectivity index (χ3v) is 4.68. The quantitative estimate of drug-likeness (QED) is 0.908. The second-order valence-corrected chi connectivity index (χ2v) is 6.02. The van der Waals surface area contributed by atoms with Gasteiger partial charge in [0.2, 0.25) is 5.91 Å². The van der Waals surface area contributed by atoms with Crippen LogP contribution in [0, 0.1) is 11.8 Å². The monoisotopic (exact) mass is 291 g/mol. The van der Waals surface area contributed by atoms with Crippen molar-refractivity contribution in [2.75, 3.05) is 13.1 Å². The van der Waals surface area contributed by atoms with Crippen molar-refractivity contribution in [3.63, 3.8) is 0 Å². The maximum atomic E-state index is 12.2. The Labute approximate surface area is 123 Å². The maximum Gasteiger partial charge on any atom is 0.307 e. The van der Waals surface area contributed by atoms with Crippen molar-refractivity contribution in [3.8, 4) is 0 Å². The van der Waals surface area contributed by atoms with Crippen molar-refractivity contribution in [2.45, 2.75) is 38.6 Å². The third kappa shape index (κ3) is 2.80. The molecule has 1 aliphatic heterocycles. The van der Waals surface area contributed by atoms with Gasteiger partial charge in [0.1, 0.15) is 0 Å². The van der Waals surface area contributed by atoms with Crippen LogP contribution in [0.3, 0.4) is 0 Å². The van der Waals surface area contributed by atoms with E-state index in [1.54, 1.807) is 0 Å². The molecule has 114 valence electrons. The number of carboxylic acids is 1. The van der Waals surface area contributed by atoms with Crippen LogP contribution in [0.1, 0.15) is 37.7 Å². The van der Waals surface area contributed by atoms with E-state index in [1.807, 2.05) is 15.8 Å². The molecule has 6 heteroatoms. The van der Waals surface area contributed by atoms with E-state index < -0.39 is 11.9 Å². The molecule has 2 fully saturated rings. The molecule has 1 saturated carbocycles. The molecule has 21 heavy (non-hydrogen) atoms. The normalized spacial score (nSPS) is 25.9. The second kappa shape index (κ2) is 5.50. The predicted molar refractivity (Wildman–Crippen MR) is 75.7 cm³/mol. The number of likely N-dealkylation sites (tertiary alicyclic amines) is 1. The zero-order valence-corrected chi connectivity index (χ0v) is 12.2. The van der Waals surface area contributed by atoms with Gasteiger partial charge in [-0.2, -0.15) is 5.10 Å². The Balaban J connectivity index is 1.53. The molecule has 1 amide bonds. The lowest BCUT2D eigenvalue weighted by molar-refractivity contribution is -0.142. The number of piperidine rings is 1. The number of amides is 1. The van der Waals surface area contributed by atoms with Crippen LogP contribution in [-0.4, -0.2) is 44.8 Å². The Morgan fingerprint density at radius 2 is 2.05 bits per heavy atom. The van der Waals surface area contributed by atoms with Crippen molar-refractivity contribution in [3.05, 3.63) is 18.0 Å². The summed E-state index contributed by atoms with van der Waals surface area (Å²) in [6.45, 7) is 4.38. The van der Waals surface area contributed by atoms with Crippen molar-refractivity contribution in [2.24, 2.45) is 11.8 Å². The van der Waals surface area contributed by atoms with Crippen LogP contribution in [0.15, 0.2) is 12.4 Å². The summed E-state index contributed by atoms with van der Waals surface area (Å²) in [5, 5.41) is 13.2. The van der Waals surface area contributed by atoms with Crippen LogP contribution in [0.4, 0.5) is 0 Å². The Kier molecular flexibility index (Phi) is 3.69.